The van der Waals surface area contributed by atoms with Gasteiger partial charge in [-0.1, -0.05) is 0 Å². The highest BCUT2D eigenvalue weighted by molar-refractivity contribution is 5.55. The van der Waals surface area contributed by atoms with E-state index in [0.29, 0.717) is 5.69 Å². The number of phenols is 1. The highest BCUT2D eigenvalue weighted by Gasteiger charge is 2.48. The fourth-order valence-corrected chi connectivity index (χ4v) is 5.12. The highest BCUT2D eigenvalue weighted by atomic mass is 16.5. The number of phenolic OH excluding ortho intramolecular Hbond substituents is 1. The first kappa shape index (κ1) is 12.4. The van der Waals surface area contributed by atoms with E-state index < -0.39 is 0 Å². The topological polar surface area (TPSA) is 55.5 Å². The van der Waals surface area contributed by atoms with Crippen molar-refractivity contribution in [2.45, 2.75) is 32.1 Å². The summed E-state index contributed by atoms with van der Waals surface area (Å²) in [7, 11) is 0. The van der Waals surface area contributed by atoms with Crippen molar-refractivity contribution in [3.63, 3.8) is 0 Å². The van der Waals surface area contributed by atoms with E-state index in [2.05, 4.69) is 0 Å². The molecule has 3 nitrogen and oxygen atoms in total. The summed E-state index contributed by atoms with van der Waals surface area (Å²) >= 11 is 0. The molecule has 4 bridgehead atoms. The lowest BCUT2D eigenvalue weighted by molar-refractivity contribution is -0.0529. The van der Waals surface area contributed by atoms with E-state index in [1.54, 1.807) is 12.1 Å². The zero-order chi connectivity index (χ0) is 13.7. The van der Waals surface area contributed by atoms with Gasteiger partial charge in [0.2, 0.25) is 0 Å². The molecule has 4 saturated carbocycles. The van der Waals surface area contributed by atoms with Crippen LogP contribution in [0, 0.1) is 29.6 Å². The Hall–Kier alpha value is -1.38. The molecule has 108 valence electrons. The number of nitrogen functional groups attached to an aromatic ring is 1. The van der Waals surface area contributed by atoms with Gasteiger partial charge in [0.15, 0.2) is 0 Å². The number of nitrogens with two attached hydrogens (primary N) is 1. The molecule has 4 aliphatic carbocycles. The Labute approximate surface area is 120 Å². The first-order chi connectivity index (χ1) is 9.69. The van der Waals surface area contributed by atoms with Crippen LogP contribution in [0.4, 0.5) is 5.69 Å². The van der Waals surface area contributed by atoms with Gasteiger partial charge >= 0.3 is 0 Å². The van der Waals surface area contributed by atoms with E-state index in [0.717, 1.165) is 41.9 Å². The zero-order valence-electron chi connectivity index (χ0n) is 11.8. The van der Waals surface area contributed by atoms with Gasteiger partial charge in [-0.3, -0.25) is 0 Å². The fourth-order valence-electron chi connectivity index (χ4n) is 5.12. The summed E-state index contributed by atoms with van der Waals surface area (Å²) in [5.41, 5.74) is 6.11. The minimum Gasteiger partial charge on any atom is -0.506 e. The lowest BCUT2D eigenvalue weighted by Gasteiger charge is -2.54. The van der Waals surface area contributed by atoms with Crippen LogP contribution in [0.15, 0.2) is 18.2 Å². The molecule has 4 aliphatic rings. The van der Waals surface area contributed by atoms with E-state index in [-0.39, 0.29) is 5.75 Å². The number of ether oxygens (including phenoxy) is 1. The molecule has 0 aliphatic heterocycles. The second-order valence-corrected chi connectivity index (χ2v) is 7.13. The summed E-state index contributed by atoms with van der Waals surface area (Å²) in [5.74, 6) is 5.46. The summed E-state index contributed by atoms with van der Waals surface area (Å²) in [6.07, 6.45) is 7.21. The van der Waals surface area contributed by atoms with Crippen molar-refractivity contribution < 1.29 is 9.84 Å². The third-order valence-electron chi connectivity index (χ3n) is 5.86. The van der Waals surface area contributed by atoms with Crippen LogP contribution < -0.4 is 10.5 Å². The number of hydrogen-bond donors (Lipinski definition) is 2. The maximum Gasteiger partial charge on any atom is 0.138 e. The molecule has 0 atom stereocenters. The predicted molar refractivity (Wildman–Crippen MR) is 78.5 cm³/mol. The lowest BCUT2D eigenvalue weighted by Crippen LogP contribution is -2.47. The number of hydrogen-bond acceptors (Lipinski definition) is 3. The number of anilines is 1. The fraction of sp³-hybridized carbons (Fsp3) is 0.647. The molecule has 0 radical (unpaired) electrons. The summed E-state index contributed by atoms with van der Waals surface area (Å²) in [4.78, 5) is 0. The molecular formula is C17H23NO2. The van der Waals surface area contributed by atoms with Crippen LogP contribution in [0.3, 0.4) is 0 Å². The van der Waals surface area contributed by atoms with Gasteiger partial charge in [-0.05, 0) is 73.8 Å². The average molecular weight is 273 g/mol. The van der Waals surface area contributed by atoms with Gasteiger partial charge in [-0.15, -0.1) is 0 Å². The van der Waals surface area contributed by atoms with Crippen molar-refractivity contribution in [1.82, 2.24) is 0 Å². The molecule has 1 aromatic rings. The minimum absolute atomic E-state index is 0.131. The molecule has 5 rings (SSSR count). The van der Waals surface area contributed by atoms with Crippen LogP contribution in [0.2, 0.25) is 0 Å². The highest BCUT2D eigenvalue weighted by Crippen LogP contribution is 2.56. The number of aromatic hydroxyl groups is 1. The number of rotatable bonds is 3. The van der Waals surface area contributed by atoms with Crippen molar-refractivity contribution >= 4 is 5.69 Å². The molecule has 0 aromatic heterocycles. The van der Waals surface area contributed by atoms with Crippen LogP contribution in [0.25, 0.3) is 0 Å². The maximum absolute atomic E-state index is 9.45. The summed E-state index contributed by atoms with van der Waals surface area (Å²) in [6.45, 7) is 0.818. The van der Waals surface area contributed by atoms with Gasteiger partial charge in [0, 0.05) is 6.07 Å². The van der Waals surface area contributed by atoms with Crippen molar-refractivity contribution in [3.8, 4) is 11.5 Å². The molecule has 0 spiro atoms. The van der Waals surface area contributed by atoms with Crippen LogP contribution in [0.5, 0.6) is 11.5 Å². The first-order valence-corrected chi connectivity index (χ1v) is 7.90. The van der Waals surface area contributed by atoms with Crippen molar-refractivity contribution in [1.29, 1.82) is 0 Å². The molecule has 4 fully saturated rings. The Morgan fingerprint density at radius 1 is 1.05 bits per heavy atom. The standard InChI is InChI=1S/C17H23NO2/c18-16-8-14(1-2-17(16)19)20-9-15-12-4-10-3-11(6-12)7-13(15)5-10/h1-2,8,10-13,15,19H,3-7,9,18H2. The Bertz CT molecular complexity index is 486. The average Bonchev–Trinajstić information content (AvgIpc) is 2.41. The van der Waals surface area contributed by atoms with Crippen molar-refractivity contribution in [2.24, 2.45) is 29.6 Å². The number of benzene rings is 1. The predicted octanol–water partition coefficient (Wildman–Crippen LogP) is 3.43. The van der Waals surface area contributed by atoms with Crippen LogP contribution in [-0.2, 0) is 0 Å². The van der Waals surface area contributed by atoms with Gasteiger partial charge in [-0.25, -0.2) is 0 Å². The molecular weight excluding hydrogens is 250 g/mol. The lowest BCUT2D eigenvalue weighted by atomic mass is 9.52. The van der Waals surface area contributed by atoms with Gasteiger partial charge in [-0.2, -0.15) is 0 Å². The van der Waals surface area contributed by atoms with Crippen molar-refractivity contribution in [2.75, 3.05) is 12.3 Å². The van der Waals surface area contributed by atoms with E-state index in [1.807, 2.05) is 6.07 Å². The third-order valence-corrected chi connectivity index (χ3v) is 5.86. The quantitative estimate of drug-likeness (QED) is 0.655. The SMILES string of the molecule is Nc1cc(OCC2C3CC4CC(C3)CC2C4)ccc1O. The Morgan fingerprint density at radius 2 is 1.70 bits per heavy atom. The van der Waals surface area contributed by atoms with Gasteiger partial charge in [0.25, 0.3) is 0 Å². The summed E-state index contributed by atoms with van der Waals surface area (Å²) in [6, 6.07) is 5.15. The Balaban J connectivity index is 1.43. The van der Waals surface area contributed by atoms with Crippen LogP contribution >= 0.6 is 0 Å². The zero-order valence-corrected chi connectivity index (χ0v) is 11.8. The largest absolute Gasteiger partial charge is 0.506 e. The molecule has 0 saturated heterocycles. The molecule has 1 aromatic carbocycles. The molecule has 20 heavy (non-hydrogen) atoms. The maximum atomic E-state index is 9.45. The summed E-state index contributed by atoms with van der Waals surface area (Å²) in [5, 5.41) is 9.45. The normalized spacial score (nSPS) is 38.1. The molecule has 0 amide bonds. The third kappa shape index (κ3) is 2.04. The van der Waals surface area contributed by atoms with Crippen molar-refractivity contribution in [3.05, 3.63) is 18.2 Å². The Morgan fingerprint density at radius 3 is 2.30 bits per heavy atom. The second kappa shape index (κ2) is 4.57. The van der Waals surface area contributed by atoms with Gasteiger partial charge < -0.3 is 15.6 Å². The monoisotopic (exact) mass is 273 g/mol. The van der Waals surface area contributed by atoms with Crippen LogP contribution in [-0.4, -0.2) is 11.7 Å². The smallest absolute Gasteiger partial charge is 0.138 e. The van der Waals surface area contributed by atoms with Gasteiger partial charge in [0.1, 0.15) is 11.5 Å². The second-order valence-electron chi connectivity index (χ2n) is 7.13. The molecule has 3 N–H and O–H groups in total. The molecule has 0 heterocycles. The van der Waals surface area contributed by atoms with E-state index in [9.17, 15) is 5.11 Å². The van der Waals surface area contributed by atoms with Gasteiger partial charge in [0.05, 0.1) is 12.3 Å². The van der Waals surface area contributed by atoms with E-state index in [1.165, 1.54) is 32.1 Å². The minimum atomic E-state index is 0.131. The summed E-state index contributed by atoms with van der Waals surface area (Å²) < 4.78 is 5.98. The molecule has 0 unspecified atom stereocenters. The molecule has 3 heteroatoms. The first-order valence-electron chi connectivity index (χ1n) is 7.90. The Kier molecular flexibility index (Phi) is 2.83. The van der Waals surface area contributed by atoms with E-state index >= 15 is 0 Å². The van der Waals surface area contributed by atoms with Crippen LogP contribution in [0.1, 0.15) is 32.1 Å². The van der Waals surface area contributed by atoms with E-state index in [4.69, 9.17) is 10.5 Å².